The quantitative estimate of drug-likeness (QED) is 0.181. The van der Waals surface area contributed by atoms with Gasteiger partial charge in [-0.1, -0.05) is 140 Å². The summed E-state index contributed by atoms with van der Waals surface area (Å²) in [6.45, 7) is 0. The van der Waals surface area contributed by atoms with E-state index in [4.69, 9.17) is 0 Å². The van der Waals surface area contributed by atoms with Gasteiger partial charge >= 0.3 is 0 Å². The van der Waals surface area contributed by atoms with E-state index in [1.807, 2.05) is 0 Å². The van der Waals surface area contributed by atoms with E-state index in [1.54, 1.807) is 0 Å². The summed E-state index contributed by atoms with van der Waals surface area (Å²) in [6, 6.07) is 69.9. The Balaban J connectivity index is 1.33. The third-order valence-electron chi connectivity index (χ3n) is 9.37. The van der Waals surface area contributed by atoms with Crippen LogP contribution in [0.2, 0.25) is 0 Å². The maximum atomic E-state index is 2.42. The van der Waals surface area contributed by atoms with Crippen molar-refractivity contribution in [2.24, 2.45) is 0 Å². The van der Waals surface area contributed by atoms with Gasteiger partial charge < -0.3 is 9.47 Å². The summed E-state index contributed by atoms with van der Waals surface area (Å²) in [5, 5.41) is 4.94. The highest BCUT2D eigenvalue weighted by Gasteiger charge is 2.22. The fraction of sp³-hybridized carbons (Fsp3) is 0. The molecular formula is C46H32N2. The smallest absolute Gasteiger partial charge is 0.0562 e. The Kier molecular flexibility index (Phi) is 6.84. The fourth-order valence-corrected chi connectivity index (χ4v) is 7.27. The van der Waals surface area contributed by atoms with E-state index in [1.165, 1.54) is 54.8 Å². The van der Waals surface area contributed by atoms with Crippen LogP contribution in [0.3, 0.4) is 0 Å². The van der Waals surface area contributed by atoms with Crippen LogP contribution in [0.15, 0.2) is 194 Å². The molecule has 0 amide bonds. The molecule has 0 saturated carbocycles. The molecule has 9 aromatic rings. The van der Waals surface area contributed by atoms with Crippen molar-refractivity contribution in [1.82, 2.24) is 4.57 Å². The molecule has 1 heterocycles. The van der Waals surface area contributed by atoms with Gasteiger partial charge in [0.05, 0.1) is 16.7 Å². The summed E-state index contributed by atoms with van der Waals surface area (Å²) in [5.41, 5.74) is 11.7. The fourth-order valence-electron chi connectivity index (χ4n) is 7.27. The van der Waals surface area contributed by atoms with Crippen molar-refractivity contribution in [3.8, 4) is 27.9 Å². The Labute approximate surface area is 280 Å². The minimum absolute atomic E-state index is 1.10. The summed E-state index contributed by atoms with van der Waals surface area (Å²) < 4.78 is 2.39. The zero-order chi connectivity index (χ0) is 31.9. The van der Waals surface area contributed by atoms with Gasteiger partial charge in [0, 0.05) is 27.8 Å². The van der Waals surface area contributed by atoms with E-state index in [0.29, 0.717) is 0 Å². The van der Waals surface area contributed by atoms with Gasteiger partial charge in [0.2, 0.25) is 0 Å². The zero-order valence-electron chi connectivity index (χ0n) is 26.4. The molecule has 0 bridgehead atoms. The summed E-state index contributed by atoms with van der Waals surface area (Å²) in [6.07, 6.45) is 0. The van der Waals surface area contributed by atoms with Gasteiger partial charge in [-0.25, -0.2) is 0 Å². The molecule has 48 heavy (non-hydrogen) atoms. The van der Waals surface area contributed by atoms with Crippen molar-refractivity contribution in [2.45, 2.75) is 0 Å². The summed E-state index contributed by atoms with van der Waals surface area (Å²) >= 11 is 0. The molecule has 2 heteroatoms. The minimum atomic E-state index is 1.10. The van der Waals surface area contributed by atoms with E-state index in [9.17, 15) is 0 Å². The molecule has 0 aliphatic heterocycles. The number of anilines is 3. The topological polar surface area (TPSA) is 8.17 Å². The molecular weight excluding hydrogens is 581 g/mol. The van der Waals surface area contributed by atoms with Gasteiger partial charge in [0.15, 0.2) is 0 Å². The van der Waals surface area contributed by atoms with Crippen molar-refractivity contribution >= 4 is 49.6 Å². The van der Waals surface area contributed by atoms with Crippen LogP contribution in [0.5, 0.6) is 0 Å². The monoisotopic (exact) mass is 612 g/mol. The van der Waals surface area contributed by atoms with Crippen LogP contribution >= 0.6 is 0 Å². The van der Waals surface area contributed by atoms with Crippen molar-refractivity contribution in [3.63, 3.8) is 0 Å². The van der Waals surface area contributed by atoms with Crippen LogP contribution in [0.1, 0.15) is 0 Å². The lowest BCUT2D eigenvalue weighted by molar-refractivity contribution is 1.18. The van der Waals surface area contributed by atoms with Gasteiger partial charge in [0.1, 0.15) is 0 Å². The predicted molar refractivity (Wildman–Crippen MR) is 204 cm³/mol. The normalized spacial score (nSPS) is 11.3. The average molecular weight is 613 g/mol. The summed E-state index contributed by atoms with van der Waals surface area (Å²) in [5.74, 6) is 0. The lowest BCUT2D eigenvalue weighted by Gasteiger charge is -2.28. The van der Waals surface area contributed by atoms with Gasteiger partial charge in [-0.15, -0.1) is 0 Å². The molecule has 226 valence electrons. The van der Waals surface area contributed by atoms with Crippen LogP contribution in [0.4, 0.5) is 17.1 Å². The predicted octanol–water partition coefficient (Wildman–Crippen LogP) is 12.7. The molecule has 1 aromatic heterocycles. The zero-order valence-corrected chi connectivity index (χ0v) is 26.4. The van der Waals surface area contributed by atoms with E-state index in [-0.39, 0.29) is 0 Å². The number of aromatic nitrogens is 1. The number of nitrogens with zero attached hydrogens (tertiary/aromatic N) is 2. The Morgan fingerprint density at radius 1 is 0.375 bits per heavy atom. The highest BCUT2D eigenvalue weighted by molar-refractivity contribution is 6.16. The summed E-state index contributed by atoms with van der Waals surface area (Å²) in [4.78, 5) is 2.42. The van der Waals surface area contributed by atoms with Crippen LogP contribution < -0.4 is 4.90 Å². The molecule has 0 aliphatic carbocycles. The third-order valence-corrected chi connectivity index (χ3v) is 9.37. The van der Waals surface area contributed by atoms with E-state index >= 15 is 0 Å². The molecule has 8 aromatic carbocycles. The Hall–Kier alpha value is -6.38. The molecule has 0 atom stereocenters. The first-order valence-electron chi connectivity index (χ1n) is 16.5. The van der Waals surface area contributed by atoms with Gasteiger partial charge in [-0.3, -0.25) is 0 Å². The Morgan fingerprint density at radius 2 is 1.00 bits per heavy atom. The van der Waals surface area contributed by atoms with Crippen LogP contribution in [-0.4, -0.2) is 4.57 Å². The first-order valence-corrected chi connectivity index (χ1v) is 16.5. The number of fused-ring (bicyclic) bond motifs is 4. The molecule has 9 rings (SSSR count). The highest BCUT2D eigenvalue weighted by atomic mass is 15.1. The van der Waals surface area contributed by atoms with Gasteiger partial charge in [0.25, 0.3) is 0 Å². The molecule has 0 fully saturated rings. The molecule has 0 aliphatic rings. The first-order chi connectivity index (χ1) is 23.8. The molecule has 0 unspecified atom stereocenters. The Bertz CT molecular complexity index is 2540. The summed E-state index contributed by atoms with van der Waals surface area (Å²) in [7, 11) is 0. The second-order valence-corrected chi connectivity index (χ2v) is 12.2. The maximum Gasteiger partial charge on any atom is 0.0562 e. The number of para-hydroxylation sites is 3. The first kappa shape index (κ1) is 27.9. The second-order valence-electron chi connectivity index (χ2n) is 12.2. The number of rotatable bonds is 6. The average Bonchev–Trinajstić information content (AvgIpc) is 3.51. The minimum Gasteiger partial charge on any atom is -0.310 e. The highest BCUT2D eigenvalue weighted by Crippen LogP contribution is 2.46. The second kappa shape index (κ2) is 11.8. The lowest BCUT2D eigenvalue weighted by Crippen LogP contribution is -2.10. The molecule has 0 spiro atoms. The standard InChI is InChI=1S/C46H32N2/c1-4-16-34(17-5-1)42-32-37(30-31-40(42)39-26-14-19-33-18-10-11-24-38(33)39)47(35-20-6-2-7-21-35)44-28-15-29-45-46(44)41-25-12-13-27-43(41)48(45)36-22-8-3-9-23-36/h1-32H. The van der Waals surface area contributed by atoms with Crippen molar-refractivity contribution in [1.29, 1.82) is 0 Å². The van der Waals surface area contributed by atoms with E-state index in [0.717, 1.165) is 22.7 Å². The maximum absolute atomic E-state index is 2.42. The van der Waals surface area contributed by atoms with E-state index < -0.39 is 0 Å². The lowest BCUT2D eigenvalue weighted by atomic mass is 9.90. The van der Waals surface area contributed by atoms with E-state index in [2.05, 4.69) is 204 Å². The number of hydrogen-bond acceptors (Lipinski definition) is 1. The van der Waals surface area contributed by atoms with Crippen molar-refractivity contribution < 1.29 is 0 Å². The molecule has 0 radical (unpaired) electrons. The van der Waals surface area contributed by atoms with Crippen LogP contribution in [-0.2, 0) is 0 Å². The largest absolute Gasteiger partial charge is 0.310 e. The van der Waals surface area contributed by atoms with Crippen LogP contribution in [0, 0.1) is 0 Å². The Morgan fingerprint density at radius 3 is 1.81 bits per heavy atom. The van der Waals surface area contributed by atoms with Crippen LogP contribution in [0.25, 0.3) is 60.5 Å². The van der Waals surface area contributed by atoms with Crippen molar-refractivity contribution in [3.05, 3.63) is 194 Å². The third kappa shape index (κ3) is 4.66. The molecule has 0 saturated heterocycles. The van der Waals surface area contributed by atoms with Gasteiger partial charge in [-0.2, -0.15) is 0 Å². The van der Waals surface area contributed by atoms with Gasteiger partial charge in [-0.05, 0) is 87.6 Å². The molecule has 2 nitrogen and oxygen atoms in total. The number of hydrogen-bond donors (Lipinski definition) is 0. The SMILES string of the molecule is c1ccc(-c2cc(N(c3ccccc3)c3cccc4c3c3ccccc3n4-c3ccccc3)ccc2-c2cccc3ccccc23)cc1. The van der Waals surface area contributed by atoms with Crippen molar-refractivity contribution in [2.75, 3.05) is 4.90 Å². The number of benzene rings is 8. The molecule has 0 N–H and O–H groups in total.